The Morgan fingerprint density at radius 3 is 2.79 bits per heavy atom. The summed E-state index contributed by atoms with van der Waals surface area (Å²) in [5.41, 5.74) is 4.84. The Morgan fingerprint density at radius 2 is 2.16 bits per heavy atom. The Labute approximate surface area is 112 Å². The zero-order valence-electron chi connectivity index (χ0n) is 11.1. The van der Waals surface area contributed by atoms with Crippen LogP contribution in [0.4, 0.5) is 17.6 Å². The van der Waals surface area contributed by atoms with E-state index < -0.39 is 5.60 Å². The number of aromatic nitrogens is 2. The van der Waals surface area contributed by atoms with Crippen LogP contribution >= 0.6 is 0 Å². The van der Waals surface area contributed by atoms with Crippen molar-refractivity contribution in [2.45, 2.75) is 25.4 Å². The van der Waals surface area contributed by atoms with Gasteiger partial charge in [0.25, 0.3) is 0 Å². The highest BCUT2D eigenvalue weighted by atomic mass is 16.5. The van der Waals surface area contributed by atoms with E-state index in [2.05, 4.69) is 27.5 Å². The highest BCUT2D eigenvalue weighted by molar-refractivity contribution is 5.51. The van der Waals surface area contributed by atoms with E-state index in [9.17, 15) is 5.11 Å². The van der Waals surface area contributed by atoms with E-state index in [0.29, 0.717) is 37.8 Å². The molecular formula is C12H21N5O2. The molecule has 0 aromatic carbocycles. The third kappa shape index (κ3) is 3.93. The minimum Gasteiger partial charge on any atom is -0.386 e. The Morgan fingerprint density at radius 1 is 1.42 bits per heavy atom. The van der Waals surface area contributed by atoms with Crippen molar-refractivity contribution in [2.24, 2.45) is 0 Å². The predicted molar refractivity (Wildman–Crippen MR) is 74.1 cm³/mol. The number of nitrogens with zero attached hydrogens (tertiary/aromatic N) is 2. The van der Waals surface area contributed by atoms with Crippen LogP contribution < -0.4 is 16.4 Å². The molecule has 106 valence electrons. The van der Waals surface area contributed by atoms with Gasteiger partial charge in [0, 0.05) is 32.2 Å². The third-order valence-electron chi connectivity index (χ3n) is 2.98. The number of hydrogen-bond donors (Lipinski definition) is 4. The fraction of sp³-hybridized carbons (Fsp3) is 0.667. The number of nitrogen functional groups attached to an aromatic ring is 1. The van der Waals surface area contributed by atoms with E-state index in [4.69, 9.17) is 10.5 Å². The van der Waals surface area contributed by atoms with Gasteiger partial charge in [0.05, 0.1) is 6.61 Å². The van der Waals surface area contributed by atoms with Gasteiger partial charge in [-0.2, -0.15) is 9.97 Å². The highest BCUT2D eigenvalue weighted by Crippen LogP contribution is 2.20. The summed E-state index contributed by atoms with van der Waals surface area (Å²) in [6.07, 6.45) is 1.63. The summed E-state index contributed by atoms with van der Waals surface area (Å²) in [7, 11) is 0. The molecule has 1 aromatic heterocycles. The Balaban J connectivity index is 1.97. The van der Waals surface area contributed by atoms with Crippen molar-refractivity contribution in [1.29, 1.82) is 0 Å². The maximum Gasteiger partial charge on any atom is 0.223 e. The first kappa shape index (κ1) is 13.8. The molecule has 0 saturated carbocycles. The minimum absolute atomic E-state index is 0.207. The molecule has 0 spiro atoms. The average Bonchev–Trinajstić information content (AvgIpc) is 2.81. The largest absolute Gasteiger partial charge is 0.386 e. The molecule has 2 rings (SSSR count). The van der Waals surface area contributed by atoms with Gasteiger partial charge in [-0.05, 0) is 6.42 Å². The SMILES string of the molecule is CCCNc1cc(NCC2(O)CCOC2)nc(N)n1. The van der Waals surface area contributed by atoms with Crippen molar-refractivity contribution in [1.82, 2.24) is 9.97 Å². The number of nitrogens with two attached hydrogens (primary N) is 1. The number of hydrogen-bond acceptors (Lipinski definition) is 7. The number of rotatable bonds is 6. The molecule has 19 heavy (non-hydrogen) atoms. The lowest BCUT2D eigenvalue weighted by atomic mass is 10.0. The second-order valence-corrected chi connectivity index (χ2v) is 4.80. The molecule has 7 heteroatoms. The molecule has 1 atom stereocenters. The number of aliphatic hydroxyl groups is 1. The summed E-state index contributed by atoms with van der Waals surface area (Å²) in [6.45, 7) is 4.23. The minimum atomic E-state index is -0.823. The zero-order chi connectivity index (χ0) is 13.7. The molecule has 0 amide bonds. The fourth-order valence-corrected chi connectivity index (χ4v) is 1.89. The first-order valence-electron chi connectivity index (χ1n) is 6.54. The maximum atomic E-state index is 10.2. The van der Waals surface area contributed by atoms with Gasteiger partial charge in [-0.3, -0.25) is 0 Å². The standard InChI is InChI=1S/C12H21N5O2/c1-2-4-14-9-6-10(17-11(13)16-9)15-7-12(18)3-5-19-8-12/h6,18H,2-5,7-8H2,1H3,(H4,13,14,15,16,17). The molecular weight excluding hydrogens is 246 g/mol. The van der Waals surface area contributed by atoms with Crippen LogP contribution in [0.2, 0.25) is 0 Å². The molecule has 0 radical (unpaired) electrons. The molecule has 1 fully saturated rings. The van der Waals surface area contributed by atoms with Crippen LogP contribution in [0.1, 0.15) is 19.8 Å². The van der Waals surface area contributed by atoms with E-state index in [1.807, 2.05) is 0 Å². The maximum absolute atomic E-state index is 10.2. The molecule has 2 heterocycles. The zero-order valence-corrected chi connectivity index (χ0v) is 11.1. The van der Waals surface area contributed by atoms with E-state index in [1.54, 1.807) is 6.07 Å². The Kier molecular flexibility index (Phi) is 4.39. The summed E-state index contributed by atoms with van der Waals surface area (Å²) in [4.78, 5) is 8.19. The summed E-state index contributed by atoms with van der Waals surface area (Å²) in [6, 6.07) is 1.78. The summed E-state index contributed by atoms with van der Waals surface area (Å²) in [5.74, 6) is 1.50. The van der Waals surface area contributed by atoms with Crippen molar-refractivity contribution >= 4 is 17.6 Å². The highest BCUT2D eigenvalue weighted by Gasteiger charge is 2.32. The van der Waals surface area contributed by atoms with Crippen molar-refractivity contribution in [3.63, 3.8) is 0 Å². The smallest absolute Gasteiger partial charge is 0.223 e. The second kappa shape index (κ2) is 6.03. The van der Waals surface area contributed by atoms with E-state index >= 15 is 0 Å². The van der Waals surface area contributed by atoms with Crippen LogP contribution in [-0.2, 0) is 4.74 Å². The molecule has 1 aliphatic heterocycles. The van der Waals surface area contributed by atoms with E-state index in [-0.39, 0.29) is 5.95 Å². The Bertz CT molecular complexity index is 421. The van der Waals surface area contributed by atoms with Crippen LogP contribution in [0.15, 0.2) is 6.07 Å². The van der Waals surface area contributed by atoms with Crippen LogP contribution in [0.3, 0.4) is 0 Å². The molecule has 1 aliphatic rings. The first-order valence-corrected chi connectivity index (χ1v) is 6.54. The number of ether oxygens (including phenoxy) is 1. The third-order valence-corrected chi connectivity index (χ3v) is 2.98. The van der Waals surface area contributed by atoms with Gasteiger partial charge in [-0.15, -0.1) is 0 Å². The van der Waals surface area contributed by atoms with E-state index in [0.717, 1.165) is 13.0 Å². The Hall–Kier alpha value is -1.60. The van der Waals surface area contributed by atoms with Gasteiger partial charge in [0.1, 0.15) is 17.2 Å². The quantitative estimate of drug-likeness (QED) is 0.593. The first-order chi connectivity index (χ1) is 9.11. The second-order valence-electron chi connectivity index (χ2n) is 4.80. The van der Waals surface area contributed by atoms with Crippen LogP contribution in [0.25, 0.3) is 0 Å². The molecule has 1 aromatic rings. The van der Waals surface area contributed by atoms with Crippen LogP contribution in [0, 0.1) is 0 Å². The van der Waals surface area contributed by atoms with E-state index in [1.165, 1.54) is 0 Å². The van der Waals surface area contributed by atoms with Crippen molar-refractivity contribution < 1.29 is 9.84 Å². The van der Waals surface area contributed by atoms with Gasteiger partial charge in [0.2, 0.25) is 5.95 Å². The monoisotopic (exact) mass is 267 g/mol. The lowest BCUT2D eigenvalue weighted by Gasteiger charge is -2.21. The molecule has 7 nitrogen and oxygen atoms in total. The van der Waals surface area contributed by atoms with Crippen molar-refractivity contribution in [3.8, 4) is 0 Å². The number of anilines is 3. The lowest BCUT2D eigenvalue weighted by molar-refractivity contribution is 0.0381. The van der Waals surface area contributed by atoms with Gasteiger partial charge < -0.3 is 26.2 Å². The van der Waals surface area contributed by atoms with Crippen LogP contribution in [-0.4, -0.2) is 47.0 Å². The van der Waals surface area contributed by atoms with Gasteiger partial charge in [-0.25, -0.2) is 0 Å². The molecule has 0 aliphatic carbocycles. The predicted octanol–water partition coefficient (Wildman–Crippen LogP) is 0.444. The molecule has 5 N–H and O–H groups in total. The molecule has 1 saturated heterocycles. The topological polar surface area (TPSA) is 105 Å². The summed E-state index contributed by atoms with van der Waals surface area (Å²) < 4.78 is 5.19. The van der Waals surface area contributed by atoms with Gasteiger partial charge >= 0.3 is 0 Å². The van der Waals surface area contributed by atoms with Crippen molar-refractivity contribution in [3.05, 3.63) is 6.07 Å². The normalized spacial score (nSPS) is 22.4. The van der Waals surface area contributed by atoms with Crippen LogP contribution in [0.5, 0.6) is 0 Å². The van der Waals surface area contributed by atoms with Gasteiger partial charge in [0.15, 0.2) is 0 Å². The fourth-order valence-electron chi connectivity index (χ4n) is 1.89. The molecule has 0 bridgehead atoms. The van der Waals surface area contributed by atoms with Gasteiger partial charge in [-0.1, -0.05) is 6.92 Å². The molecule has 1 unspecified atom stereocenters. The summed E-state index contributed by atoms with van der Waals surface area (Å²) in [5, 5.41) is 16.4. The lowest BCUT2D eigenvalue weighted by Crippen LogP contribution is -2.37. The summed E-state index contributed by atoms with van der Waals surface area (Å²) >= 11 is 0. The number of nitrogens with one attached hydrogen (secondary N) is 2. The average molecular weight is 267 g/mol. The van der Waals surface area contributed by atoms with Crippen molar-refractivity contribution in [2.75, 3.05) is 42.7 Å².